The maximum Gasteiger partial charge on any atom is 0.245 e. The molecule has 0 bridgehead atoms. The summed E-state index contributed by atoms with van der Waals surface area (Å²) < 4.78 is 10.7. The number of ether oxygens (including phenoxy) is 2. The molecule has 31 heavy (non-hydrogen) atoms. The quantitative estimate of drug-likeness (QED) is 0.260. The Bertz CT molecular complexity index is 642. The first-order valence-electron chi connectivity index (χ1n) is 11.6. The summed E-state index contributed by atoms with van der Waals surface area (Å²) in [5.74, 6) is 0.181. The summed E-state index contributed by atoms with van der Waals surface area (Å²) in [6.45, 7) is 5.86. The predicted octanol–water partition coefficient (Wildman–Crippen LogP) is 4.29. The van der Waals surface area contributed by atoms with Crippen molar-refractivity contribution in [2.75, 3.05) is 33.0 Å². The zero-order chi connectivity index (χ0) is 22.7. The molecule has 0 aromatic heterocycles. The highest BCUT2D eigenvalue weighted by Crippen LogP contribution is 2.10. The number of benzene rings is 1. The van der Waals surface area contributed by atoms with E-state index in [9.17, 15) is 14.4 Å². The molecule has 0 unspecified atom stereocenters. The lowest BCUT2D eigenvalue weighted by Gasteiger charge is -2.07. The van der Waals surface area contributed by atoms with Crippen molar-refractivity contribution in [3.05, 3.63) is 35.4 Å². The molecule has 174 valence electrons. The van der Waals surface area contributed by atoms with Crippen molar-refractivity contribution >= 4 is 17.5 Å². The minimum Gasteiger partial charge on any atom is -0.379 e. The molecule has 1 rings (SSSR count). The number of aryl methyl sites for hydroxylation is 1. The molecule has 1 amide bonds. The van der Waals surface area contributed by atoms with Gasteiger partial charge in [-0.1, -0.05) is 44.5 Å². The molecule has 0 atom stereocenters. The van der Waals surface area contributed by atoms with E-state index >= 15 is 0 Å². The molecule has 1 aromatic carbocycles. The van der Waals surface area contributed by atoms with Gasteiger partial charge in [-0.3, -0.25) is 14.4 Å². The van der Waals surface area contributed by atoms with Crippen molar-refractivity contribution in [2.45, 2.75) is 71.6 Å². The number of ketones is 2. The topological polar surface area (TPSA) is 81.7 Å². The SMILES string of the molecule is CCCCc1ccc(C(=O)CCCNC(=O)COCCOCCCC(=O)CCC)cc1. The van der Waals surface area contributed by atoms with Crippen molar-refractivity contribution in [2.24, 2.45) is 0 Å². The Balaban J connectivity index is 2.00. The number of amides is 1. The Hall–Kier alpha value is -2.05. The second-order valence-corrected chi connectivity index (χ2v) is 7.73. The normalized spacial score (nSPS) is 10.8. The molecule has 1 aromatic rings. The van der Waals surface area contributed by atoms with E-state index in [1.807, 2.05) is 31.2 Å². The van der Waals surface area contributed by atoms with Crippen LogP contribution in [0, 0.1) is 0 Å². The zero-order valence-corrected chi connectivity index (χ0v) is 19.3. The lowest BCUT2D eigenvalue weighted by molar-refractivity contribution is -0.126. The molecule has 0 aliphatic heterocycles. The van der Waals surface area contributed by atoms with E-state index in [0.29, 0.717) is 52.0 Å². The molecule has 0 saturated heterocycles. The van der Waals surface area contributed by atoms with Gasteiger partial charge in [-0.05, 0) is 37.7 Å². The van der Waals surface area contributed by atoms with Crippen LogP contribution in [0.5, 0.6) is 0 Å². The molecule has 0 saturated carbocycles. The number of carbonyl (C=O) groups is 3. The average molecular weight is 434 g/mol. The third-order valence-electron chi connectivity index (χ3n) is 4.88. The van der Waals surface area contributed by atoms with Crippen molar-refractivity contribution < 1.29 is 23.9 Å². The summed E-state index contributed by atoms with van der Waals surface area (Å²) in [5, 5.41) is 2.76. The second kappa shape index (κ2) is 17.6. The maximum atomic E-state index is 12.2. The van der Waals surface area contributed by atoms with Crippen LogP contribution in [0.3, 0.4) is 0 Å². The van der Waals surface area contributed by atoms with Gasteiger partial charge in [0.2, 0.25) is 5.91 Å². The van der Waals surface area contributed by atoms with Gasteiger partial charge >= 0.3 is 0 Å². The van der Waals surface area contributed by atoms with Crippen LogP contribution >= 0.6 is 0 Å². The Labute approximate surface area is 187 Å². The van der Waals surface area contributed by atoms with Crippen LogP contribution in [-0.4, -0.2) is 50.4 Å². The number of unbranched alkanes of at least 4 members (excludes halogenated alkanes) is 1. The minimum absolute atomic E-state index is 0.0223. The van der Waals surface area contributed by atoms with Crippen molar-refractivity contribution in [3.8, 4) is 0 Å². The van der Waals surface area contributed by atoms with E-state index in [1.165, 1.54) is 5.56 Å². The Morgan fingerprint density at radius 2 is 1.55 bits per heavy atom. The van der Waals surface area contributed by atoms with E-state index < -0.39 is 0 Å². The van der Waals surface area contributed by atoms with Gasteiger partial charge in [0.05, 0.1) is 13.2 Å². The Morgan fingerprint density at radius 1 is 0.806 bits per heavy atom. The van der Waals surface area contributed by atoms with Crippen LogP contribution < -0.4 is 5.32 Å². The Kier molecular flexibility index (Phi) is 15.3. The first-order valence-corrected chi connectivity index (χ1v) is 11.6. The summed E-state index contributed by atoms with van der Waals surface area (Å²) in [5.41, 5.74) is 1.99. The molecule has 0 heterocycles. The van der Waals surface area contributed by atoms with Gasteiger partial charge in [0, 0.05) is 38.0 Å². The lowest BCUT2D eigenvalue weighted by Crippen LogP contribution is -2.29. The summed E-state index contributed by atoms with van der Waals surface area (Å²) in [7, 11) is 0. The number of hydrogen-bond acceptors (Lipinski definition) is 5. The first-order chi connectivity index (χ1) is 15.1. The van der Waals surface area contributed by atoms with Crippen molar-refractivity contribution in [3.63, 3.8) is 0 Å². The van der Waals surface area contributed by atoms with E-state index in [2.05, 4.69) is 12.2 Å². The molecule has 0 aliphatic rings. The largest absolute Gasteiger partial charge is 0.379 e. The van der Waals surface area contributed by atoms with Gasteiger partial charge < -0.3 is 14.8 Å². The summed E-state index contributed by atoms with van der Waals surface area (Å²) in [6, 6.07) is 7.84. The second-order valence-electron chi connectivity index (χ2n) is 7.73. The summed E-state index contributed by atoms with van der Waals surface area (Å²) in [6.07, 6.45) is 7.18. The molecule has 6 heteroatoms. The molecular formula is C25H39NO5. The monoisotopic (exact) mass is 433 g/mol. The third kappa shape index (κ3) is 13.8. The molecule has 0 fully saturated rings. The van der Waals surface area contributed by atoms with Crippen LogP contribution in [0.1, 0.15) is 81.1 Å². The van der Waals surface area contributed by atoms with Crippen molar-refractivity contribution in [1.82, 2.24) is 5.32 Å². The fourth-order valence-electron chi connectivity index (χ4n) is 3.07. The Morgan fingerprint density at radius 3 is 2.26 bits per heavy atom. The summed E-state index contributed by atoms with van der Waals surface area (Å²) in [4.78, 5) is 35.4. The molecular weight excluding hydrogens is 394 g/mol. The fourth-order valence-corrected chi connectivity index (χ4v) is 3.07. The van der Waals surface area contributed by atoms with Crippen LogP contribution in [0.25, 0.3) is 0 Å². The van der Waals surface area contributed by atoms with E-state index in [0.717, 1.165) is 37.7 Å². The van der Waals surface area contributed by atoms with Crippen LogP contribution in [0.15, 0.2) is 24.3 Å². The number of carbonyl (C=O) groups excluding carboxylic acids is 3. The maximum absolute atomic E-state index is 12.2. The first kappa shape index (κ1) is 27.0. The van der Waals surface area contributed by atoms with Crippen LogP contribution in [0.4, 0.5) is 0 Å². The standard InChI is InChI=1S/C25H39NO5/c1-3-5-9-21-12-14-22(15-13-21)24(28)11-6-16-26-25(29)20-31-19-18-30-17-7-10-23(27)8-4-2/h12-15H,3-11,16-20H2,1-2H3,(H,26,29). The number of nitrogens with one attached hydrogen (secondary N) is 1. The molecule has 0 aliphatic carbocycles. The van der Waals surface area contributed by atoms with Crippen LogP contribution in [0.2, 0.25) is 0 Å². The van der Waals surface area contributed by atoms with Gasteiger partial charge in [0.1, 0.15) is 12.4 Å². The molecule has 1 N–H and O–H groups in total. The minimum atomic E-state index is -0.196. The average Bonchev–Trinajstić information content (AvgIpc) is 2.77. The van der Waals surface area contributed by atoms with Gasteiger partial charge in [-0.2, -0.15) is 0 Å². The van der Waals surface area contributed by atoms with Gasteiger partial charge in [0.15, 0.2) is 5.78 Å². The molecule has 6 nitrogen and oxygen atoms in total. The van der Waals surface area contributed by atoms with Crippen molar-refractivity contribution in [1.29, 1.82) is 0 Å². The fraction of sp³-hybridized carbons (Fsp3) is 0.640. The van der Waals surface area contributed by atoms with Gasteiger partial charge in [0.25, 0.3) is 0 Å². The lowest BCUT2D eigenvalue weighted by atomic mass is 10.0. The van der Waals surface area contributed by atoms with E-state index in [1.54, 1.807) is 0 Å². The van der Waals surface area contributed by atoms with Gasteiger partial charge in [-0.25, -0.2) is 0 Å². The zero-order valence-electron chi connectivity index (χ0n) is 19.3. The van der Waals surface area contributed by atoms with Gasteiger partial charge in [-0.15, -0.1) is 0 Å². The highest BCUT2D eigenvalue weighted by Gasteiger charge is 2.07. The summed E-state index contributed by atoms with van der Waals surface area (Å²) >= 11 is 0. The molecule has 0 radical (unpaired) electrons. The number of hydrogen-bond donors (Lipinski definition) is 1. The van der Waals surface area contributed by atoms with E-state index in [-0.39, 0.29) is 24.1 Å². The smallest absolute Gasteiger partial charge is 0.245 e. The molecule has 0 spiro atoms. The highest BCUT2D eigenvalue weighted by atomic mass is 16.5. The number of rotatable bonds is 19. The third-order valence-corrected chi connectivity index (χ3v) is 4.88. The highest BCUT2D eigenvalue weighted by molar-refractivity contribution is 5.96. The number of Topliss-reactive ketones (excluding diaryl/α,β-unsaturated/α-hetero) is 2. The predicted molar refractivity (Wildman–Crippen MR) is 122 cm³/mol. The van der Waals surface area contributed by atoms with Crippen LogP contribution in [-0.2, 0) is 25.5 Å². The van der Waals surface area contributed by atoms with E-state index in [4.69, 9.17) is 9.47 Å².